The van der Waals surface area contributed by atoms with Gasteiger partial charge >= 0.3 is 0 Å². The largest absolute Gasteiger partial charge is 0.336 e. The Balaban J connectivity index is 2.26. The van der Waals surface area contributed by atoms with Crippen LogP contribution in [0.2, 0.25) is 5.02 Å². The maximum atomic E-state index is 12.5. The van der Waals surface area contributed by atoms with Crippen LogP contribution in [0.4, 0.5) is 5.69 Å². The fourth-order valence-corrected chi connectivity index (χ4v) is 2.89. The highest BCUT2D eigenvalue weighted by atomic mass is 35.5. The first kappa shape index (κ1) is 14.8. The lowest BCUT2D eigenvalue weighted by atomic mass is 9.99. The van der Waals surface area contributed by atoms with Gasteiger partial charge in [0.05, 0.1) is 15.5 Å². The van der Waals surface area contributed by atoms with Crippen LogP contribution < -0.4 is 0 Å². The zero-order valence-corrected chi connectivity index (χ0v) is 12.1. The third-order valence-electron chi connectivity index (χ3n) is 3.75. The highest BCUT2D eigenvalue weighted by Crippen LogP contribution is 2.27. The van der Waals surface area contributed by atoms with Crippen molar-refractivity contribution in [3.8, 4) is 0 Å². The number of halogens is 1. The Labute approximate surface area is 122 Å². The van der Waals surface area contributed by atoms with Gasteiger partial charge < -0.3 is 4.90 Å². The molecule has 0 unspecified atom stereocenters. The summed E-state index contributed by atoms with van der Waals surface area (Å²) >= 11 is 6.03. The van der Waals surface area contributed by atoms with Crippen LogP contribution in [0.5, 0.6) is 0 Å². The maximum absolute atomic E-state index is 12.5. The molecule has 20 heavy (non-hydrogen) atoms. The average molecular weight is 297 g/mol. The highest BCUT2D eigenvalue weighted by molar-refractivity contribution is 6.34. The van der Waals surface area contributed by atoms with Gasteiger partial charge in [-0.1, -0.05) is 18.5 Å². The Hall–Kier alpha value is -1.62. The van der Waals surface area contributed by atoms with Crippen LogP contribution in [0.1, 0.15) is 43.0 Å². The second kappa shape index (κ2) is 6.22. The van der Waals surface area contributed by atoms with Crippen molar-refractivity contribution < 1.29 is 9.72 Å². The number of non-ortho nitro benzene ring substituents is 1. The number of likely N-dealkylation sites (tertiary alicyclic amines) is 1. The smallest absolute Gasteiger partial charge is 0.270 e. The van der Waals surface area contributed by atoms with E-state index >= 15 is 0 Å². The normalized spacial score (nSPS) is 18.9. The number of nitrogens with zero attached hydrogens (tertiary/aromatic N) is 2. The van der Waals surface area contributed by atoms with Gasteiger partial charge in [-0.3, -0.25) is 14.9 Å². The summed E-state index contributed by atoms with van der Waals surface area (Å²) < 4.78 is 0. The minimum absolute atomic E-state index is 0.0998. The molecule has 1 aliphatic rings. The molecule has 0 spiro atoms. The van der Waals surface area contributed by atoms with Gasteiger partial charge in [0, 0.05) is 24.7 Å². The molecule has 1 fully saturated rings. The Morgan fingerprint density at radius 1 is 1.50 bits per heavy atom. The van der Waals surface area contributed by atoms with Crippen LogP contribution >= 0.6 is 11.6 Å². The molecule has 1 saturated heterocycles. The molecule has 0 saturated carbocycles. The van der Waals surface area contributed by atoms with Gasteiger partial charge in [0.25, 0.3) is 11.6 Å². The predicted octanol–water partition coefficient (Wildman–Crippen LogP) is 3.65. The van der Waals surface area contributed by atoms with E-state index in [2.05, 4.69) is 6.92 Å². The van der Waals surface area contributed by atoms with Crippen LogP contribution in [-0.4, -0.2) is 28.3 Å². The SMILES string of the molecule is CC[C@@H]1CCCCN1C(=O)c1ccc([N+](=O)[O-])cc1Cl. The molecule has 0 aromatic heterocycles. The van der Waals surface area contributed by atoms with E-state index in [0.29, 0.717) is 5.56 Å². The molecular formula is C14H17ClN2O3. The zero-order chi connectivity index (χ0) is 14.7. The number of rotatable bonds is 3. The van der Waals surface area contributed by atoms with Crippen molar-refractivity contribution >= 4 is 23.2 Å². The number of hydrogen-bond acceptors (Lipinski definition) is 3. The van der Waals surface area contributed by atoms with Crippen LogP contribution in [0.3, 0.4) is 0 Å². The molecule has 1 aliphatic heterocycles. The van der Waals surface area contributed by atoms with E-state index in [4.69, 9.17) is 11.6 Å². The van der Waals surface area contributed by atoms with E-state index in [1.54, 1.807) is 0 Å². The van der Waals surface area contributed by atoms with Gasteiger partial charge in [0.1, 0.15) is 0 Å². The molecular weight excluding hydrogens is 280 g/mol. The lowest BCUT2D eigenvalue weighted by Gasteiger charge is -2.35. The number of piperidine rings is 1. The van der Waals surface area contributed by atoms with Crippen molar-refractivity contribution in [3.63, 3.8) is 0 Å². The average Bonchev–Trinajstić information content (AvgIpc) is 2.46. The standard InChI is InChI=1S/C14H17ClN2O3/c1-2-10-5-3-4-8-16(10)14(18)12-7-6-11(17(19)20)9-13(12)15/h6-7,9-10H,2-5,8H2,1H3/t10-/m1/s1. The highest BCUT2D eigenvalue weighted by Gasteiger charge is 2.27. The quantitative estimate of drug-likeness (QED) is 0.631. The zero-order valence-electron chi connectivity index (χ0n) is 11.3. The van der Waals surface area contributed by atoms with Crippen LogP contribution in [0.25, 0.3) is 0 Å². The fourth-order valence-electron chi connectivity index (χ4n) is 2.64. The van der Waals surface area contributed by atoms with Crippen molar-refractivity contribution in [1.82, 2.24) is 4.90 Å². The van der Waals surface area contributed by atoms with Crippen molar-refractivity contribution in [1.29, 1.82) is 0 Å². The third-order valence-corrected chi connectivity index (χ3v) is 4.07. The topological polar surface area (TPSA) is 63.5 Å². The van der Waals surface area contributed by atoms with Gasteiger partial charge in [0.15, 0.2) is 0 Å². The second-order valence-corrected chi connectivity index (χ2v) is 5.38. The van der Waals surface area contributed by atoms with Crippen LogP contribution in [0, 0.1) is 10.1 Å². The molecule has 2 rings (SSSR count). The van der Waals surface area contributed by atoms with E-state index in [1.165, 1.54) is 18.2 Å². The van der Waals surface area contributed by atoms with Gasteiger partial charge in [-0.15, -0.1) is 0 Å². The van der Waals surface area contributed by atoms with E-state index in [0.717, 1.165) is 32.2 Å². The summed E-state index contributed by atoms with van der Waals surface area (Å²) in [5.41, 5.74) is 0.245. The number of amides is 1. The summed E-state index contributed by atoms with van der Waals surface area (Å²) in [6.45, 7) is 2.79. The summed E-state index contributed by atoms with van der Waals surface area (Å²) in [6, 6.07) is 4.25. The molecule has 1 atom stereocenters. The molecule has 1 amide bonds. The Kier molecular flexibility index (Phi) is 4.60. The summed E-state index contributed by atoms with van der Waals surface area (Å²) in [6.07, 6.45) is 4.05. The molecule has 0 N–H and O–H groups in total. The summed E-state index contributed by atoms with van der Waals surface area (Å²) in [5.74, 6) is -0.128. The Morgan fingerprint density at radius 3 is 2.85 bits per heavy atom. The van der Waals surface area contributed by atoms with Gasteiger partial charge in [-0.2, -0.15) is 0 Å². The first-order valence-corrected chi connectivity index (χ1v) is 7.17. The molecule has 0 aliphatic carbocycles. The second-order valence-electron chi connectivity index (χ2n) is 4.98. The van der Waals surface area contributed by atoms with Crippen LogP contribution in [-0.2, 0) is 0 Å². The van der Waals surface area contributed by atoms with Crippen molar-refractivity contribution in [2.75, 3.05) is 6.54 Å². The monoisotopic (exact) mass is 296 g/mol. The molecule has 1 heterocycles. The van der Waals surface area contributed by atoms with Crippen molar-refractivity contribution in [2.24, 2.45) is 0 Å². The van der Waals surface area contributed by atoms with Gasteiger partial charge in [-0.05, 0) is 31.7 Å². The molecule has 0 radical (unpaired) electrons. The number of carbonyl (C=O) groups excluding carboxylic acids is 1. The van der Waals surface area contributed by atoms with Gasteiger partial charge in [-0.25, -0.2) is 0 Å². The lowest BCUT2D eigenvalue weighted by Crippen LogP contribution is -2.43. The predicted molar refractivity (Wildman–Crippen MR) is 77.1 cm³/mol. The number of carbonyl (C=O) groups is 1. The van der Waals surface area contributed by atoms with E-state index in [1.807, 2.05) is 4.90 Å². The maximum Gasteiger partial charge on any atom is 0.270 e. The molecule has 6 heteroatoms. The van der Waals surface area contributed by atoms with Crippen LogP contribution in [0.15, 0.2) is 18.2 Å². The van der Waals surface area contributed by atoms with E-state index in [-0.39, 0.29) is 22.7 Å². The fraction of sp³-hybridized carbons (Fsp3) is 0.500. The van der Waals surface area contributed by atoms with Gasteiger partial charge in [0.2, 0.25) is 0 Å². The Morgan fingerprint density at radius 2 is 2.25 bits per heavy atom. The molecule has 108 valence electrons. The molecule has 1 aromatic rings. The molecule has 0 bridgehead atoms. The number of nitro groups is 1. The summed E-state index contributed by atoms with van der Waals surface area (Å²) in [4.78, 5) is 24.6. The summed E-state index contributed by atoms with van der Waals surface area (Å²) in [7, 11) is 0. The number of nitro benzene ring substituents is 1. The Bertz CT molecular complexity index is 533. The number of benzene rings is 1. The minimum Gasteiger partial charge on any atom is -0.336 e. The first-order chi connectivity index (χ1) is 9.54. The van der Waals surface area contributed by atoms with E-state index in [9.17, 15) is 14.9 Å². The third kappa shape index (κ3) is 2.93. The van der Waals surface area contributed by atoms with Crippen molar-refractivity contribution in [3.05, 3.63) is 38.9 Å². The lowest BCUT2D eigenvalue weighted by molar-refractivity contribution is -0.384. The van der Waals surface area contributed by atoms with Crippen molar-refractivity contribution in [2.45, 2.75) is 38.6 Å². The summed E-state index contributed by atoms with van der Waals surface area (Å²) in [5, 5.41) is 10.8. The first-order valence-electron chi connectivity index (χ1n) is 6.79. The molecule has 1 aromatic carbocycles. The molecule has 5 nitrogen and oxygen atoms in total. The minimum atomic E-state index is -0.518. The number of hydrogen-bond donors (Lipinski definition) is 0. The van der Waals surface area contributed by atoms with E-state index < -0.39 is 4.92 Å².